The van der Waals surface area contributed by atoms with E-state index in [4.69, 9.17) is 14.0 Å². The predicted octanol–water partition coefficient (Wildman–Crippen LogP) is 5.10. The van der Waals surface area contributed by atoms with E-state index in [0.29, 0.717) is 29.4 Å². The Hall–Kier alpha value is -2.97. The molecule has 0 atom stereocenters. The third-order valence-corrected chi connectivity index (χ3v) is 5.52. The summed E-state index contributed by atoms with van der Waals surface area (Å²) >= 11 is 3.15. The molecule has 3 heterocycles. The van der Waals surface area contributed by atoms with Crippen LogP contribution in [0.2, 0.25) is 0 Å². The Bertz CT molecular complexity index is 1050. The first kappa shape index (κ1) is 18.4. The van der Waals surface area contributed by atoms with Crippen molar-refractivity contribution in [2.45, 2.75) is 20.1 Å². The van der Waals surface area contributed by atoms with Crippen LogP contribution in [0.5, 0.6) is 5.75 Å². The molecule has 0 aliphatic carbocycles. The molecule has 0 fully saturated rings. The lowest BCUT2D eigenvalue weighted by molar-refractivity contribution is 0.0464. The second-order valence-corrected chi connectivity index (χ2v) is 7.92. The summed E-state index contributed by atoms with van der Waals surface area (Å²) in [5, 5.41) is 8.87. The zero-order valence-corrected chi connectivity index (χ0v) is 16.6. The highest BCUT2D eigenvalue weighted by Crippen LogP contribution is 2.25. The molecule has 8 heteroatoms. The molecule has 6 nitrogen and oxygen atoms in total. The van der Waals surface area contributed by atoms with Crippen LogP contribution in [0.1, 0.15) is 26.8 Å². The van der Waals surface area contributed by atoms with E-state index in [9.17, 15) is 4.79 Å². The first-order chi connectivity index (χ1) is 13.7. The van der Waals surface area contributed by atoms with Gasteiger partial charge in [-0.3, -0.25) is 0 Å². The van der Waals surface area contributed by atoms with Crippen LogP contribution >= 0.6 is 22.7 Å². The monoisotopic (exact) mass is 412 g/mol. The Balaban J connectivity index is 1.30. The summed E-state index contributed by atoms with van der Waals surface area (Å²) in [5.74, 6) is 0.902. The average molecular weight is 412 g/mol. The van der Waals surface area contributed by atoms with Crippen molar-refractivity contribution in [3.63, 3.8) is 0 Å². The molecule has 142 valence electrons. The number of thiophene rings is 1. The maximum atomic E-state index is 12.2. The number of benzene rings is 1. The molecule has 0 aliphatic heterocycles. The highest BCUT2D eigenvalue weighted by atomic mass is 32.1. The minimum absolute atomic E-state index is 0.0507. The number of carbonyl (C=O) groups excluding carboxylic acids is 1. The number of esters is 1. The van der Waals surface area contributed by atoms with E-state index in [0.717, 1.165) is 15.6 Å². The molecule has 1 aromatic carbocycles. The van der Waals surface area contributed by atoms with E-state index in [1.165, 1.54) is 0 Å². The third-order valence-electron chi connectivity index (χ3n) is 3.82. The molecule has 0 N–H and O–H groups in total. The van der Waals surface area contributed by atoms with Crippen LogP contribution < -0.4 is 4.74 Å². The van der Waals surface area contributed by atoms with Gasteiger partial charge in [-0.15, -0.1) is 22.7 Å². The van der Waals surface area contributed by atoms with Crippen molar-refractivity contribution in [1.29, 1.82) is 0 Å². The van der Waals surface area contributed by atoms with E-state index >= 15 is 0 Å². The van der Waals surface area contributed by atoms with E-state index in [-0.39, 0.29) is 6.61 Å². The highest BCUT2D eigenvalue weighted by Gasteiger charge is 2.12. The second kappa shape index (κ2) is 8.37. The van der Waals surface area contributed by atoms with Gasteiger partial charge in [-0.1, -0.05) is 11.2 Å². The first-order valence-corrected chi connectivity index (χ1v) is 10.2. The third kappa shape index (κ3) is 4.47. The molecule has 3 aromatic heterocycles. The normalized spacial score (nSPS) is 10.8. The van der Waals surface area contributed by atoms with E-state index < -0.39 is 5.97 Å². The summed E-state index contributed by atoms with van der Waals surface area (Å²) < 4.78 is 16.3. The van der Waals surface area contributed by atoms with Gasteiger partial charge in [0.15, 0.2) is 5.76 Å². The second-order valence-electron chi connectivity index (χ2n) is 5.91. The minimum Gasteiger partial charge on any atom is -0.487 e. The zero-order chi connectivity index (χ0) is 19.3. The fourth-order valence-electron chi connectivity index (χ4n) is 2.46. The lowest BCUT2D eigenvalue weighted by Gasteiger charge is -2.06. The van der Waals surface area contributed by atoms with Crippen molar-refractivity contribution in [2.24, 2.45) is 0 Å². The Morgan fingerprint density at radius 2 is 1.96 bits per heavy atom. The quantitative estimate of drug-likeness (QED) is 0.393. The van der Waals surface area contributed by atoms with Gasteiger partial charge in [0, 0.05) is 11.4 Å². The van der Waals surface area contributed by atoms with Crippen LogP contribution in [0.4, 0.5) is 0 Å². The highest BCUT2D eigenvalue weighted by molar-refractivity contribution is 7.13. The van der Waals surface area contributed by atoms with Gasteiger partial charge in [0.1, 0.15) is 24.7 Å². The lowest BCUT2D eigenvalue weighted by Crippen LogP contribution is -2.05. The van der Waals surface area contributed by atoms with Crippen LogP contribution in [-0.2, 0) is 18.0 Å². The molecule has 4 aromatic rings. The molecule has 0 bridgehead atoms. The van der Waals surface area contributed by atoms with Crippen molar-refractivity contribution in [3.05, 3.63) is 75.2 Å². The van der Waals surface area contributed by atoms with Crippen molar-refractivity contribution >= 4 is 28.6 Å². The van der Waals surface area contributed by atoms with Gasteiger partial charge < -0.3 is 14.0 Å². The maximum absolute atomic E-state index is 12.2. The first-order valence-electron chi connectivity index (χ1n) is 8.48. The number of thiazole rings is 1. The maximum Gasteiger partial charge on any atom is 0.338 e. The van der Waals surface area contributed by atoms with E-state index in [1.807, 2.05) is 29.8 Å². The van der Waals surface area contributed by atoms with Crippen LogP contribution in [0, 0.1) is 6.92 Å². The smallest absolute Gasteiger partial charge is 0.338 e. The molecule has 0 unspecified atom stereocenters. The topological polar surface area (TPSA) is 74.5 Å². The van der Waals surface area contributed by atoms with Crippen molar-refractivity contribution in [3.8, 4) is 16.4 Å². The van der Waals surface area contributed by atoms with Crippen LogP contribution in [0.15, 0.2) is 57.7 Å². The molecule has 4 rings (SSSR count). The standard InChI is InChI=1S/C20H16N2O4S2/c1-13-21-16(12-28-13)11-24-17-6-4-14(5-7-17)20(23)25-10-15-9-18(26-22-15)19-3-2-8-27-19/h2-9,12H,10-11H2,1H3. The number of hydrogen-bond donors (Lipinski definition) is 0. The molecule has 0 saturated carbocycles. The molecular formula is C20H16N2O4S2. The lowest BCUT2D eigenvalue weighted by atomic mass is 10.2. The number of carbonyl (C=O) groups is 1. The number of hydrogen-bond acceptors (Lipinski definition) is 8. The van der Waals surface area contributed by atoms with Gasteiger partial charge in [-0.25, -0.2) is 9.78 Å². The summed E-state index contributed by atoms with van der Waals surface area (Å²) in [7, 11) is 0. The number of rotatable bonds is 7. The fourth-order valence-corrected chi connectivity index (χ4v) is 3.73. The SMILES string of the molecule is Cc1nc(COc2ccc(C(=O)OCc3cc(-c4cccs4)on3)cc2)cs1. The van der Waals surface area contributed by atoms with Gasteiger partial charge in [0.25, 0.3) is 0 Å². The summed E-state index contributed by atoms with van der Waals surface area (Å²) in [6.45, 7) is 2.40. The Morgan fingerprint density at radius 1 is 1.11 bits per heavy atom. The van der Waals surface area contributed by atoms with E-state index in [2.05, 4.69) is 10.1 Å². The molecule has 0 radical (unpaired) electrons. The number of aryl methyl sites for hydroxylation is 1. The van der Waals surface area contributed by atoms with E-state index in [1.54, 1.807) is 53.0 Å². The van der Waals surface area contributed by atoms with Gasteiger partial charge >= 0.3 is 5.97 Å². The van der Waals surface area contributed by atoms with Gasteiger partial charge in [-0.05, 0) is 42.6 Å². The molecular weight excluding hydrogens is 396 g/mol. The van der Waals surface area contributed by atoms with Crippen LogP contribution in [0.25, 0.3) is 10.6 Å². The summed E-state index contributed by atoms with van der Waals surface area (Å²) in [4.78, 5) is 17.5. The Kier molecular flexibility index (Phi) is 5.50. The molecule has 0 amide bonds. The van der Waals surface area contributed by atoms with Crippen molar-refractivity contribution in [2.75, 3.05) is 0 Å². The minimum atomic E-state index is -0.428. The molecule has 28 heavy (non-hydrogen) atoms. The summed E-state index contributed by atoms with van der Waals surface area (Å²) in [5.41, 5.74) is 1.90. The van der Waals surface area contributed by atoms with Crippen LogP contribution in [-0.4, -0.2) is 16.1 Å². The average Bonchev–Trinajstić information content (AvgIpc) is 3.46. The number of nitrogens with zero attached hydrogens (tertiary/aromatic N) is 2. The Morgan fingerprint density at radius 3 is 2.68 bits per heavy atom. The van der Waals surface area contributed by atoms with Gasteiger partial charge in [0.05, 0.1) is 21.1 Å². The predicted molar refractivity (Wildman–Crippen MR) is 107 cm³/mol. The van der Waals surface area contributed by atoms with Crippen LogP contribution in [0.3, 0.4) is 0 Å². The van der Waals surface area contributed by atoms with Gasteiger partial charge in [0.2, 0.25) is 0 Å². The summed E-state index contributed by atoms with van der Waals surface area (Å²) in [6.07, 6.45) is 0. The van der Waals surface area contributed by atoms with Crippen molar-refractivity contribution < 1.29 is 18.8 Å². The summed E-state index contributed by atoms with van der Waals surface area (Å²) in [6, 6.07) is 12.5. The van der Waals surface area contributed by atoms with Crippen molar-refractivity contribution in [1.82, 2.24) is 10.1 Å². The molecule has 0 spiro atoms. The molecule has 0 saturated heterocycles. The number of aromatic nitrogens is 2. The van der Waals surface area contributed by atoms with Gasteiger partial charge in [-0.2, -0.15) is 0 Å². The largest absolute Gasteiger partial charge is 0.487 e. The fraction of sp³-hybridized carbons (Fsp3) is 0.150. The zero-order valence-electron chi connectivity index (χ0n) is 15.0. The molecule has 0 aliphatic rings. The number of ether oxygens (including phenoxy) is 2. The Labute approximate surface area is 169 Å².